The van der Waals surface area contributed by atoms with Crippen molar-refractivity contribution in [3.8, 4) is 0 Å². The number of hydrogen-bond donors (Lipinski definition) is 3. The van der Waals surface area contributed by atoms with Gasteiger partial charge in [0.1, 0.15) is 5.82 Å². The zero-order valence-corrected chi connectivity index (χ0v) is 19.5. The van der Waals surface area contributed by atoms with E-state index in [1.807, 2.05) is 6.92 Å². The summed E-state index contributed by atoms with van der Waals surface area (Å²) < 4.78 is 37.2. The largest absolute Gasteiger partial charge is 0.490 e. The van der Waals surface area contributed by atoms with Gasteiger partial charge < -0.3 is 20.1 Å². The topological polar surface area (TPSA) is 138 Å². The van der Waals surface area contributed by atoms with Crippen LogP contribution >= 0.6 is 0 Å². The molecule has 0 atom stereocenters. The Morgan fingerprint density at radius 3 is 2.46 bits per heavy atom. The van der Waals surface area contributed by atoms with Crippen LogP contribution in [0.3, 0.4) is 0 Å². The lowest BCUT2D eigenvalue weighted by Crippen LogP contribution is -2.24. The van der Waals surface area contributed by atoms with Crippen LogP contribution in [-0.2, 0) is 35.3 Å². The normalized spacial score (nSPS) is 16.6. The average Bonchev–Trinajstić information content (AvgIpc) is 3.41. The summed E-state index contributed by atoms with van der Waals surface area (Å²) in [4.78, 5) is 29.4. The second-order valence-corrected chi connectivity index (χ2v) is 9.13. The predicted octanol–water partition coefficient (Wildman–Crippen LogP) is 4.13. The summed E-state index contributed by atoms with van der Waals surface area (Å²) in [6.45, 7) is 3.04. The number of aromatic nitrogens is 3. The number of hydrogen-bond acceptors (Lipinski definition) is 7. The number of anilines is 1. The van der Waals surface area contributed by atoms with E-state index in [-0.39, 0.29) is 11.8 Å². The van der Waals surface area contributed by atoms with Crippen LogP contribution in [0.1, 0.15) is 67.1 Å². The first-order valence-corrected chi connectivity index (χ1v) is 11.5. The van der Waals surface area contributed by atoms with E-state index in [0.717, 1.165) is 63.0 Å². The SMILES string of the molecule is Cc1nc2c(cc1CCc1noc(CC3(CC(=O)O)CCCC3)n1)CCCN2.O=C(O)C(F)(F)F. The molecule has 0 unspecified atom stereocenters. The number of nitrogens with one attached hydrogen (secondary N) is 1. The van der Waals surface area contributed by atoms with Gasteiger partial charge in [-0.25, -0.2) is 9.78 Å². The molecule has 2 aromatic rings. The number of aliphatic carboxylic acids is 2. The van der Waals surface area contributed by atoms with Crippen LogP contribution in [0.4, 0.5) is 19.0 Å². The van der Waals surface area contributed by atoms with Gasteiger partial charge >= 0.3 is 18.1 Å². The molecular formula is C23H29F3N4O5. The number of carboxylic acids is 2. The van der Waals surface area contributed by atoms with Crippen LogP contribution in [0, 0.1) is 12.3 Å². The molecule has 0 radical (unpaired) electrons. The minimum Gasteiger partial charge on any atom is -0.481 e. The highest BCUT2D eigenvalue weighted by molar-refractivity contribution is 5.73. The Morgan fingerprint density at radius 1 is 1.14 bits per heavy atom. The maximum absolute atomic E-state index is 11.3. The van der Waals surface area contributed by atoms with Crippen molar-refractivity contribution >= 4 is 17.8 Å². The van der Waals surface area contributed by atoms with Gasteiger partial charge in [0.25, 0.3) is 0 Å². The van der Waals surface area contributed by atoms with E-state index < -0.39 is 18.1 Å². The Morgan fingerprint density at radius 2 is 1.83 bits per heavy atom. The summed E-state index contributed by atoms with van der Waals surface area (Å²) in [7, 11) is 0. The molecule has 12 heteroatoms. The molecule has 35 heavy (non-hydrogen) atoms. The molecule has 0 aromatic carbocycles. The number of aryl methyl sites for hydroxylation is 4. The highest BCUT2D eigenvalue weighted by Crippen LogP contribution is 2.43. The monoisotopic (exact) mass is 498 g/mol. The Balaban J connectivity index is 0.000000429. The lowest BCUT2D eigenvalue weighted by Gasteiger charge is -2.24. The fourth-order valence-corrected chi connectivity index (χ4v) is 4.67. The number of rotatable bonds is 7. The van der Waals surface area contributed by atoms with Crippen molar-refractivity contribution in [2.24, 2.45) is 5.41 Å². The van der Waals surface area contributed by atoms with Crippen molar-refractivity contribution < 1.29 is 37.5 Å². The molecule has 1 aliphatic carbocycles. The van der Waals surface area contributed by atoms with Gasteiger partial charge in [0, 0.05) is 25.1 Å². The van der Waals surface area contributed by atoms with E-state index in [1.54, 1.807) is 0 Å². The Hall–Kier alpha value is -3.18. The molecule has 2 aliphatic rings. The fraction of sp³-hybridized carbons (Fsp3) is 0.609. The first-order valence-electron chi connectivity index (χ1n) is 11.5. The first kappa shape index (κ1) is 26.4. The number of carboxylic acid groups (broad SMARTS) is 2. The lowest BCUT2D eigenvalue weighted by molar-refractivity contribution is -0.192. The molecule has 0 amide bonds. The molecule has 192 valence electrons. The summed E-state index contributed by atoms with van der Waals surface area (Å²) in [6, 6.07) is 2.26. The second-order valence-electron chi connectivity index (χ2n) is 9.13. The molecule has 1 aliphatic heterocycles. The summed E-state index contributed by atoms with van der Waals surface area (Å²) in [5, 5.41) is 23.9. The van der Waals surface area contributed by atoms with Gasteiger partial charge in [-0.2, -0.15) is 18.2 Å². The Labute approximate surface area is 200 Å². The maximum atomic E-state index is 11.3. The van der Waals surface area contributed by atoms with Gasteiger partial charge in [-0.15, -0.1) is 0 Å². The third-order valence-electron chi connectivity index (χ3n) is 6.40. The minimum atomic E-state index is -5.08. The van der Waals surface area contributed by atoms with E-state index in [0.29, 0.717) is 24.6 Å². The number of halogens is 3. The maximum Gasteiger partial charge on any atom is 0.490 e. The number of alkyl halides is 3. The first-order chi connectivity index (χ1) is 16.5. The van der Waals surface area contributed by atoms with Crippen LogP contribution in [-0.4, -0.2) is 50.0 Å². The highest BCUT2D eigenvalue weighted by Gasteiger charge is 2.38. The molecule has 0 spiro atoms. The number of fused-ring (bicyclic) bond motifs is 1. The lowest BCUT2D eigenvalue weighted by atomic mass is 9.79. The molecule has 3 heterocycles. The third kappa shape index (κ3) is 7.40. The molecule has 2 aromatic heterocycles. The number of carbonyl (C=O) groups is 2. The summed E-state index contributed by atoms with van der Waals surface area (Å²) in [5.41, 5.74) is 3.34. The second kappa shape index (κ2) is 11.0. The van der Waals surface area contributed by atoms with Crippen LogP contribution in [0.25, 0.3) is 0 Å². The van der Waals surface area contributed by atoms with Crippen LogP contribution < -0.4 is 5.32 Å². The molecule has 4 rings (SSSR count). The van der Waals surface area contributed by atoms with Crippen LogP contribution in [0.2, 0.25) is 0 Å². The molecule has 1 saturated carbocycles. The number of nitrogens with zero attached hydrogens (tertiary/aromatic N) is 3. The van der Waals surface area contributed by atoms with Crippen molar-refractivity contribution in [2.75, 3.05) is 11.9 Å². The standard InChI is InChI=1S/C21H28N4O3.C2HF3O2/c1-14-15(11-16-5-4-10-22-20(16)23-14)6-7-17-24-18(28-25-17)12-21(13-19(26)27)8-2-3-9-21;3-2(4,5)1(6)7/h11H,2-10,12-13H2,1H3,(H,22,23)(H,26,27);(H,6,7). The molecule has 9 nitrogen and oxygen atoms in total. The van der Waals surface area contributed by atoms with Crippen LogP contribution in [0.15, 0.2) is 10.6 Å². The Bertz CT molecular complexity index is 1050. The average molecular weight is 499 g/mol. The zero-order valence-electron chi connectivity index (χ0n) is 19.5. The van der Waals surface area contributed by atoms with Crippen LogP contribution in [0.5, 0.6) is 0 Å². The quantitative estimate of drug-likeness (QED) is 0.514. The van der Waals surface area contributed by atoms with Crippen molar-refractivity contribution in [2.45, 2.75) is 77.3 Å². The summed E-state index contributed by atoms with van der Waals surface area (Å²) >= 11 is 0. The van der Waals surface area contributed by atoms with E-state index in [2.05, 4.69) is 21.5 Å². The van der Waals surface area contributed by atoms with Crippen molar-refractivity contribution in [3.63, 3.8) is 0 Å². The van der Waals surface area contributed by atoms with Gasteiger partial charge in [0.15, 0.2) is 5.82 Å². The van der Waals surface area contributed by atoms with Crippen molar-refractivity contribution in [1.29, 1.82) is 0 Å². The summed E-state index contributed by atoms with van der Waals surface area (Å²) in [6.07, 6.45) is 3.40. The smallest absolute Gasteiger partial charge is 0.481 e. The highest BCUT2D eigenvalue weighted by atomic mass is 19.4. The van der Waals surface area contributed by atoms with Gasteiger partial charge in [-0.05, 0) is 55.6 Å². The molecule has 1 fully saturated rings. The molecule has 0 bridgehead atoms. The van der Waals surface area contributed by atoms with E-state index >= 15 is 0 Å². The van der Waals surface area contributed by atoms with E-state index in [1.165, 1.54) is 11.1 Å². The van der Waals surface area contributed by atoms with Gasteiger partial charge in [0.05, 0.1) is 6.42 Å². The van der Waals surface area contributed by atoms with Crippen molar-refractivity contribution in [3.05, 3.63) is 34.6 Å². The zero-order chi connectivity index (χ0) is 25.6. The van der Waals surface area contributed by atoms with Gasteiger partial charge in [0.2, 0.25) is 5.89 Å². The van der Waals surface area contributed by atoms with E-state index in [9.17, 15) is 23.1 Å². The van der Waals surface area contributed by atoms with Gasteiger partial charge in [-0.3, -0.25) is 4.79 Å². The predicted molar refractivity (Wildman–Crippen MR) is 118 cm³/mol. The number of pyridine rings is 1. The third-order valence-corrected chi connectivity index (χ3v) is 6.40. The minimum absolute atomic E-state index is 0.179. The van der Waals surface area contributed by atoms with E-state index in [4.69, 9.17) is 19.4 Å². The Kier molecular flexibility index (Phi) is 8.34. The fourth-order valence-electron chi connectivity index (χ4n) is 4.67. The molecular weight excluding hydrogens is 469 g/mol. The summed E-state index contributed by atoms with van der Waals surface area (Å²) in [5.74, 6) is -1.22. The molecule has 3 N–H and O–H groups in total. The van der Waals surface area contributed by atoms with Crippen molar-refractivity contribution in [1.82, 2.24) is 15.1 Å². The van der Waals surface area contributed by atoms with Gasteiger partial charge in [-0.1, -0.05) is 24.1 Å². The molecule has 0 saturated heterocycles.